The highest BCUT2D eigenvalue weighted by atomic mass is 16.5. The average Bonchev–Trinajstić information content (AvgIpc) is 2.96. The molecule has 0 radical (unpaired) electrons. The Labute approximate surface area is 136 Å². The first-order valence-corrected chi connectivity index (χ1v) is 7.96. The molecule has 2 aromatic rings. The van der Waals surface area contributed by atoms with Crippen molar-refractivity contribution in [1.82, 2.24) is 10.2 Å². The largest absolute Gasteiger partial charge is 0.507 e. The van der Waals surface area contributed by atoms with E-state index >= 15 is 0 Å². The molecule has 1 aromatic carbocycles. The molecule has 0 saturated carbocycles. The summed E-state index contributed by atoms with van der Waals surface area (Å²) in [5, 5.41) is 18.9. The summed E-state index contributed by atoms with van der Waals surface area (Å²) in [4.78, 5) is 2.24. The van der Waals surface area contributed by atoms with Crippen LogP contribution in [-0.4, -0.2) is 42.1 Å². The van der Waals surface area contributed by atoms with Gasteiger partial charge in [0.1, 0.15) is 5.75 Å². The van der Waals surface area contributed by atoms with Crippen molar-refractivity contribution in [2.75, 3.05) is 31.7 Å². The standard InChI is InChI=1S/C18H23N3O2/c1-12-8-13(2)18(16(22)9-12)15-4-5-17(20-19-15)21-7-6-14(10-21)11-23-3/h4-5,8-9,14,22H,6-7,10-11H2,1-3H3/t14-/m0/s1. The van der Waals surface area contributed by atoms with Gasteiger partial charge < -0.3 is 14.7 Å². The van der Waals surface area contributed by atoms with Crippen molar-refractivity contribution >= 4 is 5.82 Å². The number of phenols is 1. The van der Waals surface area contributed by atoms with Gasteiger partial charge in [-0.25, -0.2) is 0 Å². The predicted octanol–water partition coefficient (Wildman–Crippen LogP) is 2.94. The minimum atomic E-state index is 0.255. The maximum Gasteiger partial charge on any atom is 0.151 e. The first-order chi connectivity index (χ1) is 11.1. The molecule has 0 spiro atoms. The number of aromatic nitrogens is 2. The minimum absolute atomic E-state index is 0.255. The molecule has 1 aliphatic heterocycles. The number of rotatable bonds is 4. The second-order valence-electron chi connectivity index (χ2n) is 6.31. The van der Waals surface area contributed by atoms with E-state index in [9.17, 15) is 5.11 Å². The topological polar surface area (TPSA) is 58.5 Å². The van der Waals surface area contributed by atoms with Crippen LogP contribution in [0.4, 0.5) is 5.82 Å². The Balaban J connectivity index is 1.81. The molecule has 0 bridgehead atoms. The minimum Gasteiger partial charge on any atom is -0.507 e. The number of anilines is 1. The third-order valence-electron chi connectivity index (χ3n) is 4.38. The molecule has 1 fully saturated rings. The molecule has 5 heteroatoms. The Kier molecular flexibility index (Phi) is 4.48. The summed E-state index contributed by atoms with van der Waals surface area (Å²) in [7, 11) is 1.74. The van der Waals surface area contributed by atoms with Gasteiger partial charge in [-0.1, -0.05) is 6.07 Å². The summed E-state index contributed by atoms with van der Waals surface area (Å²) in [6.07, 6.45) is 1.12. The van der Waals surface area contributed by atoms with Gasteiger partial charge in [-0.3, -0.25) is 0 Å². The van der Waals surface area contributed by atoms with Gasteiger partial charge in [0, 0.05) is 31.7 Å². The fourth-order valence-corrected chi connectivity index (χ4v) is 3.32. The normalized spacial score (nSPS) is 17.7. The number of nitrogens with zero attached hydrogens (tertiary/aromatic N) is 3. The number of hydrogen-bond donors (Lipinski definition) is 1. The molecule has 5 nitrogen and oxygen atoms in total. The zero-order chi connectivity index (χ0) is 16.4. The molecule has 2 heterocycles. The first kappa shape index (κ1) is 15.7. The number of benzene rings is 1. The predicted molar refractivity (Wildman–Crippen MR) is 90.8 cm³/mol. The summed E-state index contributed by atoms with van der Waals surface area (Å²) >= 11 is 0. The maximum absolute atomic E-state index is 10.2. The molecule has 1 aliphatic rings. The second-order valence-corrected chi connectivity index (χ2v) is 6.31. The summed E-state index contributed by atoms with van der Waals surface area (Å²) in [5.41, 5.74) is 3.50. The van der Waals surface area contributed by atoms with E-state index in [1.54, 1.807) is 13.2 Å². The summed E-state index contributed by atoms with van der Waals surface area (Å²) in [6, 6.07) is 7.72. The number of hydrogen-bond acceptors (Lipinski definition) is 5. The van der Waals surface area contributed by atoms with Crippen LogP contribution >= 0.6 is 0 Å². The lowest BCUT2D eigenvalue weighted by Gasteiger charge is -2.17. The van der Waals surface area contributed by atoms with Crippen LogP contribution in [0.3, 0.4) is 0 Å². The van der Waals surface area contributed by atoms with E-state index in [2.05, 4.69) is 15.1 Å². The highest BCUT2D eigenvalue weighted by molar-refractivity contribution is 5.71. The highest BCUT2D eigenvalue weighted by Gasteiger charge is 2.23. The summed E-state index contributed by atoms with van der Waals surface area (Å²) < 4.78 is 5.23. The van der Waals surface area contributed by atoms with Crippen molar-refractivity contribution in [3.8, 4) is 17.0 Å². The molecule has 1 atom stereocenters. The average molecular weight is 313 g/mol. The Morgan fingerprint density at radius 2 is 2.09 bits per heavy atom. The molecule has 122 valence electrons. The van der Waals surface area contributed by atoms with Gasteiger partial charge in [0.25, 0.3) is 0 Å². The number of phenolic OH excluding ortho intramolecular Hbond substituents is 1. The molecule has 23 heavy (non-hydrogen) atoms. The van der Waals surface area contributed by atoms with Crippen LogP contribution in [0.25, 0.3) is 11.3 Å². The fourth-order valence-electron chi connectivity index (χ4n) is 3.32. The zero-order valence-electron chi connectivity index (χ0n) is 13.9. The van der Waals surface area contributed by atoms with Crippen LogP contribution in [0.2, 0.25) is 0 Å². The molecular weight excluding hydrogens is 290 g/mol. The van der Waals surface area contributed by atoms with Crippen molar-refractivity contribution < 1.29 is 9.84 Å². The maximum atomic E-state index is 10.2. The Morgan fingerprint density at radius 1 is 1.26 bits per heavy atom. The number of ether oxygens (including phenoxy) is 1. The molecule has 1 aromatic heterocycles. The van der Waals surface area contributed by atoms with Crippen LogP contribution in [0, 0.1) is 19.8 Å². The van der Waals surface area contributed by atoms with Crippen LogP contribution in [0.1, 0.15) is 17.5 Å². The van der Waals surface area contributed by atoms with E-state index in [4.69, 9.17) is 4.74 Å². The van der Waals surface area contributed by atoms with E-state index in [1.807, 2.05) is 32.0 Å². The van der Waals surface area contributed by atoms with Gasteiger partial charge in [-0.15, -0.1) is 10.2 Å². The smallest absolute Gasteiger partial charge is 0.151 e. The van der Waals surface area contributed by atoms with Crippen LogP contribution in [0.5, 0.6) is 5.75 Å². The molecule has 1 N–H and O–H groups in total. The Morgan fingerprint density at radius 3 is 2.74 bits per heavy atom. The lowest BCUT2D eigenvalue weighted by atomic mass is 10.0. The van der Waals surface area contributed by atoms with Crippen molar-refractivity contribution in [1.29, 1.82) is 0 Å². The van der Waals surface area contributed by atoms with Crippen molar-refractivity contribution in [2.45, 2.75) is 20.3 Å². The van der Waals surface area contributed by atoms with E-state index in [1.165, 1.54) is 0 Å². The monoisotopic (exact) mass is 313 g/mol. The zero-order valence-corrected chi connectivity index (χ0v) is 13.9. The SMILES string of the molecule is COC[C@H]1CCN(c2ccc(-c3c(C)cc(C)cc3O)nn2)C1. The molecule has 0 unspecified atom stereocenters. The third-order valence-corrected chi connectivity index (χ3v) is 4.38. The molecule has 3 rings (SSSR count). The van der Waals surface area contributed by atoms with Crippen LogP contribution in [-0.2, 0) is 4.74 Å². The lowest BCUT2D eigenvalue weighted by Crippen LogP contribution is -2.22. The van der Waals surface area contributed by atoms with Crippen molar-refractivity contribution in [3.05, 3.63) is 35.4 Å². The quantitative estimate of drug-likeness (QED) is 0.940. The van der Waals surface area contributed by atoms with Crippen LogP contribution in [0.15, 0.2) is 24.3 Å². The van der Waals surface area contributed by atoms with E-state index in [0.717, 1.165) is 48.6 Å². The van der Waals surface area contributed by atoms with Crippen LogP contribution < -0.4 is 4.90 Å². The molecule has 0 amide bonds. The Hall–Kier alpha value is -2.14. The fraction of sp³-hybridized carbons (Fsp3) is 0.444. The van der Waals surface area contributed by atoms with E-state index in [0.29, 0.717) is 11.6 Å². The van der Waals surface area contributed by atoms with Gasteiger partial charge in [-0.2, -0.15) is 0 Å². The van der Waals surface area contributed by atoms with Gasteiger partial charge in [-0.05, 0) is 49.6 Å². The lowest BCUT2D eigenvalue weighted by molar-refractivity contribution is 0.161. The molecule has 0 aliphatic carbocycles. The Bertz CT molecular complexity index is 662. The summed E-state index contributed by atoms with van der Waals surface area (Å²) in [6.45, 7) is 6.68. The van der Waals surface area contributed by atoms with E-state index < -0.39 is 0 Å². The highest BCUT2D eigenvalue weighted by Crippen LogP contribution is 2.32. The number of methoxy groups -OCH3 is 1. The second kappa shape index (κ2) is 6.54. The number of aryl methyl sites for hydroxylation is 2. The molecular formula is C18H23N3O2. The van der Waals surface area contributed by atoms with Gasteiger partial charge in [0.2, 0.25) is 0 Å². The third kappa shape index (κ3) is 3.29. The van der Waals surface area contributed by atoms with Crippen molar-refractivity contribution in [2.24, 2.45) is 5.92 Å². The summed E-state index contributed by atoms with van der Waals surface area (Å²) in [5.74, 6) is 1.70. The van der Waals surface area contributed by atoms with Gasteiger partial charge >= 0.3 is 0 Å². The first-order valence-electron chi connectivity index (χ1n) is 7.96. The van der Waals surface area contributed by atoms with Gasteiger partial charge in [0.05, 0.1) is 12.3 Å². The number of aromatic hydroxyl groups is 1. The van der Waals surface area contributed by atoms with Crippen molar-refractivity contribution in [3.63, 3.8) is 0 Å². The van der Waals surface area contributed by atoms with E-state index in [-0.39, 0.29) is 5.75 Å². The van der Waals surface area contributed by atoms with Gasteiger partial charge in [0.15, 0.2) is 5.82 Å². The molecule has 1 saturated heterocycles.